The van der Waals surface area contributed by atoms with Crippen LogP contribution >= 0.6 is 11.6 Å². The Balaban J connectivity index is 1.70. The summed E-state index contributed by atoms with van der Waals surface area (Å²) < 4.78 is 16.2. The topological polar surface area (TPSA) is 88.9 Å². The Labute approximate surface area is 206 Å². The molecule has 0 bridgehead atoms. The standard InChI is InChI=1S/C26H22ClFN6O/c1-4-21(35)34-8-7-33(13-15(34)3)26-16(10-29)11-30-25-17(26)9-19(27)23(24(25)28)22-14(2)5-6-20-18(22)12-31-32-20/h4-6,9,11-12,15H,1,7-8,13H2,2-3H3,(H,31,32). The average molecular weight is 489 g/mol. The van der Waals surface area contributed by atoms with E-state index < -0.39 is 5.82 Å². The Kier molecular flexibility index (Phi) is 5.65. The lowest BCUT2D eigenvalue weighted by molar-refractivity contribution is -0.128. The number of nitrogens with one attached hydrogen (secondary N) is 1. The highest BCUT2D eigenvalue weighted by molar-refractivity contribution is 6.35. The Morgan fingerprint density at radius 1 is 1.31 bits per heavy atom. The summed E-state index contributed by atoms with van der Waals surface area (Å²) >= 11 is 6.74. The molecule has 2 aromatic carbocycles. The van der Waals surface area contributed by atoms with Crippen LogP contribution in [0.4, 0.5) is 10.1 Å². The molecule has 2 aromatic heterocycles. The van der Waals surface area contributed by atoms with E-state index in [2.05, 4.69) is 27.8 Å². The number of amides is 1. The zero-order valence-corrected chi connectivity index (χ0v) is 20.0. The first-order chi connectivity index (χ1) is 16.8. The maximum absolute atomic E-state index is 16.2. The van der Waals surface area contributed by atoms with Crippen LogP contribution in [0, 0.1) is 24.1 Å². The number of hydrogen-bond donors (Lipinski definition) is 1. The van der Waals surface area contributed by atoms with Crippen LogP contribution in [0.2, 0.25) is 5.02 Å². The van der Waals surface area contributed by atoms with Crippen molar-refractivity contribution in [1.29, 1.82) is 5.26 Å². The number of nitriles is 1. The number of piperazine rings is 1. The van der Waals surface area contributed by atoms with Crippen LogP contribution < -0.4 is 4.90 Å². The van der Waals surface area contributed by atoms with Gasteiger partial charge < -0.3 is 9.80 Å². The Hall–Kier alpha value is -3.96. The van der Waals surface area contributed by atoms with Crippen molar-refractivity contribution < 1.29 is 9.18 Å². The molecule has 1 saturated heterocycles. The molecule has 1 amide bonds. The number of aromatic amines is 1. The van der Waals surface area contributed by atoms with E-state index >= 15 is 4.39 Å². The van der Waals surface area contributed by atoms with Gasteiger partial charge in [0.1, 0.15) is 11.6 Å². The number of aromatic nitrogens is 3. The van der Waals surface area contributed by atoms with Gasteiger partial charge in [-0.05, 0) is 37.6 Å². The molecule has 35 heavy (non-hydrogen) atoms. The quantitative estimate of drug-likeness (QED) is 0.411. The SMILES string of the molecule is C=CC(=O)N1CCN(c2c(C#N)cnc3c(F)c(-c4c(C)ccc5[nH]ncc45)c(Cl)cc23)CC1C. The minimum absolute atomic E-state index is 0.120. The molecule has 5 rings (SSSR count). The van der Waals surface area contributed by atoms with E-state index in [0.717, 1.165) is 16.5 Å². The molecular weight excluding hydrogens is 467 g/mol. The van der Waals surface area contributed by atoms with Crippen LogP contribution in [0.25, 0.3) is 32.9 Å². The fraction of sp³-hybridized carbons (Fsp3) is 0.231. The number of carbonyl (C=O) groups excluding carboxylic acids is 1. The summed E-state index contributed by atoms with van der Waals surface area (Å²) in [6.07, 6.45) is 4.35. The van der Waals surface area contributed by atoms with E-state index in [1.165, 1.54) is 12.3 Å². The van der Waals surface area contributed by atoms with Crippen molar-refractivity contribution in [2.45, 2.75) is 19.9 Å². The number of pyridine rings is 1. The van der Waals surface area contributed by atoms with Gasteiger partial charge in [-0.3, -0.25) is 14.9 Å². The van der Waals surface area contributed by atoms with Crippen molar-refractivity contribution in [1.82, 2.24) is 20.1 Å². The van der Waals surface area contributed by atoms with Gasteiger partial charge in [-0.15, -0.1) is 0 Å². The maximum Gasteiger partial charge on any atom is 0.246 e. The van der Waals surface area contributed by atoms with E-state index in [1.807, 2.05) is 30.9 Å². The molecule has 1 aliphatic heterocycles. The number of anilines is 1. The van der Waals surface area contributed by atoms with Crippen LogP contribution in [0.15, 0.2) is 43.2 Å². The number of benzene rings is 2. The third-order valence-corrected chi connectivity index (χ3v) is 6.93. The monoisotopic (exact) mass is 488 g/mol. The smallest absolute Gasteiger partial charge is 0.246 e. The molecule has 7 nitrogen and oxygen atoms in total. The van der Waals surface area contributed by atoms with Gasteiger partial charge in [-0.2, -0.15) is 10.4 Å². The van der Waals surface area contributed by atoms with Crippen molar-refractivity contribution in [3.8, 4) is 17.2 Å². The van der Waals surface area contributed by atoms with Crippen molar-refractivity contribution >= 4 is 45.0 Å². The number of carbonyl (C=O) groups is 1. The van der Waals surface area contributed by atoms with Crippen molar-refractivity contribution in [2.24, 2.45) is 0 Å². The van der Waals surface area contributed by atoms with Crippen LogP contribution in [-0.2, 0) is 4.79 Å². The van der Waals surface area contributed by atoms with Crippen LogP contribution in [0.1, 0.15) is 18.1 Å². The third kappa shape index (κ3) is 3.60. The van der Waals surface area contributed by atoms with E-state index in [1.54, 1.807) is 17.2 Å². The van der Waals surface area contributed by atoms with Gasteiger partial charge in [0.15, 0.2) is 5.82 Å². The first-order valence-electron chi connectivity index (χ1n) is 11.2. The summed E-state index contributed by atoms with van der Waals surface area (Å²) in [5.41, 5.74) is 3.56. The van der Waals surface area contributed by atoms with Crippen molar-refractivity contribution in [3.05, 3.63) is 65.2 Å². The molecule has 1 aliphatic rings. The lowest BCUT2D eigenvalue weighted by Gasteiger charge is -2.41. The fourth-order valence-electron chi connectivity index (χ4n) is 4.97. The first kappa shape index (κ1) is 22.8. The fourth-order valence-corrected chi connectivity index (χ4v) is 5.25. The van der Waals surface area contributed by atoms with Crippen molar-refractivity contribution in [2.75, 3.05) is 24.5 Å². The second kappa shape index (κ2) is 8.67. The molecule has 4 aromatic rings. The molecule has 176 valence electrons. The van der Waals surface area contributed by atoms with E-state index in [4.69, 9.17) is 11.6 Å². The molecule has 1 N–H and O–H groups in total. The summed E-state index contributed by atoms with van der Waals surface area (Å²) in [7, 11) is 0. The lowest BCUT2D eigenvalue weighted by atomic mass is 9.94. The highest BCUT2D eigenvalue weighted by atomic mass is 35.5. The highest BCUT2D eigenvalue weighted by Gasteiger charge is 2.30. The second-order valence-corrected chi connectivity index (χ2v) is 9.10. The minimum atomic E-state index is -0.552. The summed E-state index contributed by atoms with van der Waals surface area (Å²) in [6.45, 7) is 8.81. The Morgan fingerprint density at radius 2 is 2.11 bits per heavy atom. The molecule has 3 heterocycles. The highest BCUT2D eigenvalue weighted by Crippen LogP contribution is 2.43. The predicted octanol–water partition coefficient (Wildman–Crippen LogP) is 4.97. The third-order valence-electron chi connectivity index (χ3n) is 6.63. The predicted molar refractivity (Wildman–Crippen MR) is 135 cm³/mol. The van der Waals surface area contributed by atoms with Crippen LogP contribution in [-0.4, -0.2) is 51.7 Å². The normalized spacial score (nSPS) is 16.0. The van der Waals surface area contributed by atoms with E-state index in [9.17, 15) is 10.1 Å². The summed E-state index contributed by atoms with van der Waals surface area (Å²) in [5.74, 6) is -0.691. The number of fused-ring (bicyclic) bond motifs is 2. The first-order valence-corrected chi connectivity index (χ1v) is 11.5. The number of nitrogens with zero attached hydrogens (tertiary/aromatic N) is 5. The number of rotatable bonds is 3. The number of H-pyrrole nitrogens is 1. The van der Waals surface area contributed by atoms with Gasteiger partial charge in [-0.25, -0.2) is 4.39 Å². The van der Waals surface area contributed by atoms with Crippen LogP contribution in [0.5, 0.6) is 0 Å². The van der Waals surface area contributed by atoms with Gasteiger partial charge in [0.25, 0.3) is 0 Å². The molecular formula is C26H22ClFN6O. The Morgan fingerprint density at radius 3 is 2.83 bits per heavy atom. The average Bonchev–Trinajstić information content (AvgIpc) is 3.33. The van der Waals surface area contributed by atoms with E-state index in [-0.39, 0.29) is 28.1 Å². The molecule has 0 radical (unpaired) electrons. The number of hydrogen-bond acceptors (Lipinski definition) is 5. The Bertz CT molecular complexity index is 1560. The largest absolute Gasteiger partial charge is 0.366 e. The number of aryl methyl sites for hydroxylation is 1. The minimum Gasteiger partial charge on any atom is -0.366 e. The maximum atomic E-state index is 16.2. The van der Waals surface area contributed by atoms with Gasteiger partial charge in [-0.1, -0.05) is 24.2 Å². The van der Waals surface area contributed by atoms with Crippen molar-refractivity contribution in [3.63, 3.8) is 0 Å². The molecule has 0 spiro atoms. The second-order valence-electron chi connectivity index (χ2n) is 8.70. The summed E-state index contributed by atoms with van der Waals surface area (Å²) in [6, 6.07) is 7.52. The van der Waals surface area contributed by atoms with Gasteiger partial charge >= 0.3 is 0 Å². The van der Waals surface area contributed by atoms with Crippen LogP contribution in [0.3, 0.4) is 0 Å². The molecule has 1 atom stereocenters. The molecule has 0 aliphatic carbocycles. The summed E-state index contributed by atoms with van der Waals surface area (Å²) in [4.78, 5) is 20.2. The van der Waals surface area contributed by atoms with Gasteiger partial charge in [0.2, 0.25) is 5.91 Å². The number of halogens is 2. The van der Waals surface area contributed by atoms with E-state index in [0.29, 0.717) is 41.8 Å². The zero-order valence-electron chi connectivity index (χ0n) is 19.3. The molecule has 1 fully saturated rings. The lowest BCUT2D eigenvalue weighted by Crippen LogP contribution is -2.53. The zero-order chi connectivity index (χ0) is 24.9. The summed E-state index contributed by atoms with van der Waals surface area (Å²) in [5, 5.41) is 18.3. The van der Waals surface area contributed by atoms with Gasteiger partial charge in [0.05, 0.1) is 28.0 Å². The molecule has 9 heteroatoms. The molecule has 1 unspecified atom stereocenters. The molecule has 0 saturated carbocycles. The van der Waals surface area contributed by atoms with Gasteiger partial charge in [0, 0.05) is 53.8 Å².